The second-order valence-electron chi connectivity index (χ2n) is 2.81. The van der Waals surface area contributed by atoms with Crippen molar-refractivity contribution in [1.82, 2.24) is 0 Å². The molecule has 0 aliphatic carbocycles. The lowest BCUT2D eigenvalue weighted by Gasteiger charge is -2.06. The van der Waals surface area contributed by atoms with E-state index >= 15 is 0 Å². The molecule has 4 nitrogen and oxygen atoms in total. The van der Waals surface area contributed by atoms with Gasteiger partial charge in [-0.3, -0.25) is 0 Å². The summed E-state index contributed by atoms with van der Waals surface area (Å²) < 4.78 is 27.9. The van der Waals surface area contributed by atoms with Crippen LogP contribution in [0.5, 0.6) is 5.75 Å². The highest BCUT2D eigenvalue weighted by atomic mass is 32.2. The van der Waals surface area contributed by atoms with E-state index in [-0.39, 0.29) is 10.6 Å². The fourth-order valence-electron chi connectivity index (χ4n) is 1.05. The van der Waals surface area contributed by atoms with Gasteiger partial charge >= 0.3 is 0 Å². The predicted molar refractivity (Wildman–Crippen MR) is 55.1 cm³/mol. The summed E-state index contributed by atoms with van der Waals surface area (Å²) in [4.78, 5) is 0.242. The molecule has 5 heteroatoms. The molecule has 0 bridgehead atoms. The van der Waals surface area contributed by atoms with E-state index in [1.165, 1.54) is 25.3 Å². The molecule has 0 heterocycles. The van der Waals surface area contributed by atoms with Crippen molar-refractivity contribution in [2.45, 2.75) is 11.8 Å². The minimum absolute atomic E-state index is 0.0695. The first-order chi connectivity index (χ1) is 6.51. The first-order valence-electron chi connectivity index (χ1n) is 4.17. The molecule has 0 aromatic heterocycles. The second kappa shape index (κ2) is 3.88. The van der Waals surface area contributed by atoms with E-state index < -0.39 is 9.84 Å². The molecule has 0 saturated carbocycles. The molecule has 0 saturated heterocycles. The summed E-state index contributed by atoms with van der Waals surface area (Å²) >= 11 is 0. The van der Waals surface area contributed by atoms with Gasteiger partial charge in [0.05, 0.1) is 23.4 Å². The molecule has 0 fully saturated rings. The number of benzene rings is 1. The van der Waals surface area contributed by atoms with E-state index in [1.54, 1.807) is 6.92 Å². The Labute approximate surface area is 83.6 Å². The average molecular weight is 215 g/mol. The maximum Gasteiger partial charge on any atom is 0.178 e. The van der Waals surface area contributed by atoms with Gasteiger partial charge in [0.1, 0.15) is 5.75 Å². The third kappa shape index (κ3) is 1.98. The van der Waals surface area contributed by atoms with E-state index in [2.05, 4.69) is 0 Å². The number of anilines is 1. The molecule has 0 unspecified atom stereocenters. The van der Waals surface area contributed by atoms with Crippen molar-refractivity contribution >= 4 is 15.5 Å². The van der Waals surface area contributed by atoms with Crippen molar-refractivity contribution in [2.24, 2.45) is 0 Å². The standard InChI is InChI=1S/C9H13NO3S/c1-3-14(11,12)7-4-5-8(10)9(6-7)13-2/h4-6H,3,10H2,1-2H3. The third-order valence-corrected chi connectivity index (χ3v) is 3.68. The molecule has 0 aliphatic rings. The summed E-state index contributed by atoms with van der Waals surface area (Å²) in [6.45, 7) is 1.60. The zero-order valence-corrected chi connectivity index (χ0v) is 8.97. The van der Waals surface area contributed by atoms with E-state index in [9.17, 15) is 8.42 Å². The van der Waals surface area contributed by atoms with Crippen LogP contribution < -0.4 is 10.5 Å². The van der Waals surface area contributed by atoms with Crippen molar-refractivity contribution in [2.75, 3.05) is 18.6 Å². The minimum Gasteiger partial charge on any atom is -0.495 e. The molecule has 1 rings (SSSR count). The number of nitrogens with two attached hydrogens (primary N) is 1. The molecule has 0 spiro atoms. The van der Waals surface area contributed by atoms with Crippen molar-refractivity contribution in [1.29, 1.82) is 0 Å². The Morgan fingerprint density at radius 3 is 2.57 bits per heavy atom. The van der Waals surface area contributed by atoms with Gasteiger partial charge in [-0.05, 0) is 12.1 Å². The molecule has 14 heavy (non-hydrogen) atoms. The second-order valence-corrected chi connectivity index (χ2v) is 5.09. The molecule has 78 valence electrons. The van der Waals surface area contributed by atoms with Gasteiger partial charge in [-0.1, -0.05) is 6.92 Å². The number of sulfone groups is 1. The molecule has 0 amide bonds. The van der Waals surface area contributed by atoms with Crippen LogP contribution in [0.2, 0.25) is 0 Å². The number of rotatable bonds is 3. The highest BCUT2D eigenvalue weighted by Gasteiger charge is 2.13. The zero-order chi connectivity index (χ0) is 10.8. The largest absolute Gasteiger partial charge is 0.495 e. The van der Waals surface area contributed by atoms with Gasteiger partial charge < -0.3 is 10.5 Å². The topological polar surface area (TPSA) is 69.4 Å². The molecule has 0 atom stereocenters. The van der Waals surface area contributed by atoms with Crippen LogP contribution in [0.25, 0.3) is 0 Å². The van der Waals surface area contributed by atoms with Crippen LogP contribution in [0.3, 0.4) is 0 Å². The average Bonchev–Trinajstić information content (AvgIpc) is 2.18. The Hall–Kier alpha value is -1.23. The quantitative estimate of drug-likeness (QED) is 0.766. The first kappa shape index (κ1) is 10.8. The first-order valence-corrected chi connectivity index (χ1v) is 5.82. The van der Waals surface area contributed by atoms with Crippen molar-refractivity contribution in [3.05, 3.63) is 18.2 Å². The lowest BCUT2D eigenvalue weighted by atomic mass is 10.3. The molecule has 1 aromatic rings. The summed E-state index contributed by atoms with van der Waals surface area (Å²) in [6, 6.07) is 4.45. The van der Waals surface area contributed by atoms with Gasteiger partial charge in [0.2, 0.25) is 0 Å². The van der Waals surface area contributed by atoms with Gasteiger partial charge in [-0.2, -0.15) is 0 Å². The van der Waals surface area contributed by atoms with Gasteiger partial charge in [-0.15, -0.1) is 0 Å². The zero-order valence-electron chi connectivity index (χ0n) is 8.15. The van der Waals surface area contributed by atoms with E-state index in [0.29, 0.717) is 11.4 Å². The van der Waals surface area contributed by atoms with Gasteiger partial charge in [-0.25, -0.2) is 8.42 Å². The van der Waals surface area contributed by atoms with Crippen LogP contribution in [-0.2, 0) is 9.84 Å². The van der Waals surface area contributed by atoms with Crippen LogP contribution in [-0.4, -0.2) is 21.3 Å². The number of hydrogen-bond acceptors (Lipinski definition) is 4. The smallest absolute Gasteiger partial charge is 0.178 e. The van der Waals surface area contributed by atoms with Crippen LogP contribution in [0.1, 0.15) is 6.92 Å². The fourth-order valence-corrected chi connectivity index (χ4v) is 1.95. The highest BCUT2D eigenvalue weighted by molar-refractivity contribution is 7.91. The number of hydrogen-bond donors (Lipinski definition) is 1. The molecule has 0 aliphatic heterocycles. The van der Waals surface area contributed by atoms with E-state index in [1.807, 2.05) is 0 Å². The van der Waals surface area contributed by atoms with Crippen molar-refractivity contribution in [3.63, 3.8) is 0 Å². The summed E-state index contributed by atoms with van der Waals surface area (Å²) in [6.07, 6.45) is 0. The van der Waals surface area contributed by atoms with Crippen LogP contribution in [0, 0.1) is 0 Å². The summed E-state index contributed by atoms with van der Waals surface area (Å²) in [7, 11) is -1.73. The highest BCUT2D eigenvalue weighted by Crippen LogP contribution is 2.25. The maximum absolute atomic E-state index is 11.5. The van der Waals surface area contributed by atoms with Crippen molar-refractivity contribution in [3.8, 4) is 5.75 Å². The van der Waals surface area contributed by atoms with Crippen LogP contribution in [0.4, 0.5) is 5.69 Å². The Morgan fingerprint density at radius 2 is 2.07 bits per heavy atom. The molecule has 0 radical (unpaired) electrons. The lowest BCUT2D eigenvalue weighted by molar-refractivity contribution is 0.415. The number of methoxy groups -OCH3 is 1. The Balaban J connectivity index is 3.26. The maximum atomic E-state index is 11.5. The minimum atomic E-state index is -3.18. The monoisotopic (exact) mass is 215 g/mol. The number of ether oxygens (including phenoxy) is 1. The molecular formula is C9H13NO3S. The van der Waals surface area contributed by atoms with Crippen LogP contribution >= 0.6 is 0 Å². The fraction of sp³-hybridized carbons (Fsp3) is 0.333. The lowest BCUT2D eigenvalue weighted by Crippen LogP contribution is -2.04. The Morgan fingerprint density at radius 1 is 1.43 bits per heavy atom. The van der Waals surface area contributed by atoms with Gasteiger partial charge in [0, 0.05) is 6.07 Å². The summed E-state index contributed by atoms with van der Waals surface area (Å²) in [5.41, 5.74) is 6.00. The predicted octanol–water partition coefficient (Wildman–Crippen LogP) is 1.07. The molecular weight excluding hydrogens is 202 g/mol. The van der Waals surface area contributed by atoms with E-state index in [4.69, 9.17) is 10.5 Å². The van der Waals surface area contributed by atoms with E-state index in [0.717, 1.165) is 0 Å². The number of nitrogen functional groups attached to an aromatic ring is 1. The summed E-state index contributed by atoms with van der Waals surface area (Å²) in [5, 5.41) is 0. The van der Waals surface area contributed by atoms with Gasteiger partial charge in [0.15, 0.2) is 9.84 Å². The van der Waals surface area contributed by atoms with Crippen molar-refractivity contribution < 1.29 is 13.2 Å². The molecule has 1 aromatic carbocycles. The summed E-state index contributed by atoms with van der Waals surface area (Å²) in [5.74, 6) is 0.458. The molecule has 2 N–H and O–H groups in total. The Kier molecular flexibility index (Phi) is 3.00. The van der Waals surface area contributed by atoms with Crippen LogP contribution in [0.15, 0.2) is 23.1 Å². The Bertz CT molecular complexity index is 426. The normalized spacial score (nSPS) is 11.3. The third-order valence-electron chi connectivity index (χ3n) is 1.94. The van der Waals surface area contributed by atoms with Gasteiger partial charge in [0.25, 0.3) is 0 Å². The SMILES string of the molecule is CCS(=O)(=O)c1ccc(N)c(OC)c1.